The lowest BCUT2D eigenvalue weighted by Gasteiger charge is -2.28. The molecule has 0 aliphatic heterocycles. The Morgan fingerprint density at radius 3 is 2.83 bits per heavy atom. The van der Waals surface area contributed by atoms with E-state index in [1.807, 2.05) is 24.3 Å². The number of halogens is 1. The Hall–Kier alpha value is -1.07. The molecule has 2 rings (SSSR count). The lowest BCUT2D eigenvalue weighted by molar-refractivity contribution is 0.0955. The Bertz CT molecular complexity index is 425. The van der Waals surface area contributed by atoms with E-state index in [9.17, 15) is 9.90 Å². The predicted octanol–water partition coefficient (Wildman–Crippen LogP) is 2.87. The highest BCUT2D eigenvalue weighted by molar-refractivity contribution is 9.10. The summed E-state index contributed by atoms with van der Waals surface area (Å²) in [7, 11) is 0. The van der Waals surface area contributed by atoms with E-state index in [1.54, 1.807) is 0 Å². The van der Waals surface area contributed by atoms with Crippen LogP contribution in [0.15, 0.2) is 28.7 Å². The number of urea groups is 1. The Kier molecular flexibility index (Phi) is 4.60. The normalized spacial score (nSPS) is 23.4. The minimum atomic E-state index is -0.424. The molecule has 4 nitrogen and oxygen atoms in total. The molecule has 1 aromatic rings. The summed E-state index contributed by atoms with van der Waals surface area (Å²) in [5.41, 5.74) is 0.729. The number of hydrogen-bond donors (Lipinski definition) is 3. The van der Waals surface area contributed by atoms with Crippen LogP contribution in [0.25, 0.3) is 0 Å². The van der Waals surface area contributed by atoms with Gasteiger partial charge in [0, 0.05) is 10.2 Å². The van der Waals surface area contributed by atoms with Crippen LogP contribution in [0.3, 0.4) is 0 Å². The van der Waals surface area contributed by atoms with Crippen LogP contribution in [-0.2, 0) is 0 Å². The molecule has 1 aromatic carbocycles. The molecule has 0 radical (unpaired) electrons. The molecule has 2 atom stereocenters. The molecule has 0 bridgehead atoms. The maximum atomic E-state index is 11.8. The van der Waals surface area contributed by atoms with Gasteiger partial charge in [-0.1, -0.05) is 34.8 Å². The highest BCUT2D eigenvalue weighted by Crippen LogP contribution is 2.19. The molecule has 0 aromatic heterocycles. The van der Waals surface area contributed by atoms with Crippen LogP contribution >= 0.6 is 15.9 Å². The van der Waals surface area contributed by atoms with E-state index < -0.39 is 6.10 Å². The van der Waals surface area contributed by atoms with Gasteiger partial charge >= 0.3 is 6.03 Å². The second-order valence-corrected chi connectivity index (χ2v) is 5.48. The molecule has 1 aliphatic carbocycles. The molecule has 0 spiro atoms. The molecule has 2 unspecified atom stereocenters. The van der Waals surface area contributed by atoms with Crippen LogP contribution < -0.4 is 10.6 Å². The second kappa shape index (κ2) is 6.20. The molecule has 1 saturated carbocycles. The van der Waals surface area contributed by atoms with Crippen molar-refractivity contribution < 1.29 is 9.90 Å². The van der Waals surface area contributed by atoms with Gasteiger partial charge in [-0.2, -0.15) is 0 Å². The Morgan fingerprint density at radius 1 is 1.33 bits per heavy atom. The van der Waals surface area contributed by atoms with E-state index in [2.05, 4.69) is 26.6 Å². The minimum absolute atomic E-state index is 0.133. The van der Waals surface area contributed by atoms with E-state index in [0.29, 0.717) is 0 Å². The molecule has 1 aliphatic rings. The summed E-state index contributed by atoms with van der Waals surface area (Å²) in [6, 6.07) is 7.01. The van der Waals surface area contributed by atoms with Crippen LogP contribution in [0.2, 0.25) is 0 Å². The van der Waals surface area contributed by atoms with Crippen LogP contribution in [-0.4, -0.2) is 23.3 Å². The highest BCUT2D eigenvalue weighted by atomic mass is 79.9. The number of aliphatic hydroxyl groups excluding tert-OH is 1. The van der Waals surface area contributed by atoms with Crippen molar-refractivity contribution in [1.82, 2.24) is 5.32 Å². The van der Waals surface area contributed by atoms with Gasteiger partial charge in [0.2, 0.25) is 0 Å². The predicted molar refractivity (Wildman–Crippen MR) is 74.6 cm³/mol. The van der Waals surface area contributed by atoms with Crippen molar-refractivity contribution in [3.05, 3.63) is 28.7 Å². The van der Waals surface area contributed by atoms with Crippen molar-refractivity contribution in [3.63, 3.8) is 0 Å². The largest absolute Gasteiger partial charge is 0.391 e. The van der Waals surface area contributed by atoms with Crippen molar-refractivity contribution in [1.29, 1.82) is 0 Å². The van der Waals surface area contributed by atoms with Gasteiger partial charge in [-0.25, -0.2) is 4.79 Å². The van der Waals surface area contributed by atoms with Crippen molar-refractivity contribution in [2.24, 2.45) is 0 Å². The van der Waals surface area contributed by atoms with E-state index >= 15 is 0 Å². The molecule has 5 heteroatoms. The standard InChI is InChI=1S/C13H17BrN2O2/c14-9-4-3-5-10(8-9)15-13(18)16-11-6-1-2-7-12(11)17/h3-5,8,11-12,17H,1-2,6-7H2,(H2,15,16,18). The first-order valence-corrected chi connectivity index (χ1v) is 6.95. The van der Waals surface area contributed by atoms with Crippen molar-refractivity contribution >= 4 is 27.6 Å². The summed E-state index contributed by atoms with van der Waals surface area (Å²) in [6.45, 7) is 0. The highest BCUT2D eigenvalue weighted by Gasteiger charge is 2.24. The van der Waals surface area contributed by atoms with Crippen molar-refractivity contribution in [2.75, 3.05) is 5.32 Å². The maximum Gasteiger partial charge on any atom is 0.319 e. The Balaban J connectivity index is 1.88. The van der Waals surface area contributed by atoms with E-state index in [0.717, 1.165) is 35.8 Å². The van der Waals surface area contributed by atoms with E-state index in [4.69, 9.17) is 0 Å². The molecule has 1 fully saturated rings. The molecular formula is C13H17BrN2O2. The summed E-state index contributed by atoms with van der Waals surface area (Å²) >= 11 is 3.35. The lowest BCUT2D eigenvalue weighted by atomic mass is 9.93. The van der Waals surface area contributed by atoms with Gasteiger partial charge < -0.3 is 15.7 Å². The van der Waals surface area contributed by atoms with Crippen LogP contribution in [0, 0.1) is 0 Å². The average Bonchev–Trinajstić information content (AvgIpc) is 2.32. The van der Waals surface area contributed by atoms with Gasteiger partial charge in [0.1, 0.15) is 0 Å². The third-order valence-electron chi connectivity index (χ3n) is 3.13. The summed E-state index contributed by atoms with van der Waals surface area (Å²) < 4.78 is 0.915. The van der Waals surface area contributed by atoms with Gasteiger partial charge in [0.05, 0.1) is 12.1 Å². The van der Waals surface area contributed by atoms with E-state index in [-0.39, 0.29) is 12.1 Å². The molecule has 0 heterocycles. The molecule has 0 saturated heterocycles. The fraction of sp³-hybridized carbons (Fsp3) is 0.462. The first-order valence-electron chi connectivity index (χ1n) is 6.16. The molecule has 98 valence electrons. The number of aliphatic hydroxyl groups is 1. The van der Waals surface area contributed by atoms with Crippen LogP contribution in [0.5, 0.6) is 0 Å². The third-order valence-corrected chi connectivity index (χ3v) is 3.62. The zero-order chi connectivity index (χ0) is 13.0. The topological polar surface area (TPSA) is 61.4 Å². The zero-order valence-electron chi connectivity index (χ0n) is 10.0. The second-order valence-electron chi connectivity index (χ2n) is 4.57. The first-order chi connectivity index (χ1) is 8.65. The average molecular weight is 313 g/mol. The first kappa shape index (κ1) is 13.4. The van der Waals surface area contributed by atoms with Gasteiger partial charge in [0.15, 0.2) is 0 Å². The minimum Gasteiger partial charge on any atom is -0.391 e. The fourth-order valence-electron chi connectivity index (χ4n) is 2.18. The molecule has 3 N–H and O–H groups in total. The number of benzene rings is 1. The molecule has 2 amide bonds. The molecule has 18 heavy (non-hydrogen) atoms. The summed E-state index contributed by atoms with van der Waals surface area (Å²) in [6.07, 6.45) is 3.27. The summed E-state index contributed by atoms with van der Waals surface area (Å²) in [4.78, 5) is 11.8. The maximum absolute atomic E-state index is 11.8. The number of anilines is 1. The van der Waals surface area contributed by atoms with Crippen molar-refractivity contribution in [3.8, 4) is 0 Å². The number of carbonyl (C=O) groups excluding carboxylic acids is 1. The number of rotatable bonds is 2. The van der Waals surface area contributed by atoms with E-state index in [1.165, 1.54) is 0 Å². The number of amides is 2. The number of carbonyl (C=O) groups is 1. The van der Waals surface area contributed by atoms with Gasteiger partial charge in [-0.3, -0.25) is 0 Å². The summed E-state index contributed by atoms with van der Waals surface area (Å²) in [5, 5.41) is 15.4. The number of nitrogens with one attached hydrogen (secondary N) is 2. The van der Waals surface area contributed by atoms with Gasteiger partial charge in [0.25, 0.3) is 0 Å². The van der Waals surface area contributed by atoms with Gasteiger partial charge in [-0.05, 0) is 31.0 Å². The lowest BCUT2D eigenvalue weighted by Crippen LogP contribution is -2.46. The van der Waals surface area contributed by atoms with Crippen LogP contribution in [0.4, 0.5) is 10.5 Å². The molecular weight excluding hydrogens is 296 g/mol. The number of hydrogen-bond acceptors (Lipinski definition) is 2. The summed E-state index contributed by atoms with van der Waals surface area (Å²) in [5.74, 6) is 0. The van der Waals surface area contributed by atoms with Gasteiger partial charge in [-0.15, -0.1) is 0 Å². The quantitative estimate of drug-likeness (QED) is 0.786. The third kappa shape index (κ3) is 3.71. The SMILES string of the molecule is O=C(Nc1cccc(Br)c1)NC1CCCCC1O. The fourth-order valence-corrected chi connectivity index (χ4v) is 2.58. The monoisotopic (exact) mass is 312 g/mol. The Labute approximate surface area is 115 Å². The smallest absolute Gasteiger partial charge is 0.319 e. The van der Waals surface area contributed by atoms with Crippen molar-refractivity contribution in [2.45, 2.75) is 37.8 Å². The Morgan fingerprint density at radius 2 is 2.11 bits per heavy atom. The zero-order valence-corrected chi connectivity index (χ0v) is 11.6. The van der Waals surface area contributed by atoms with Crippen LogP contribution in [0.1, 0.15) is 25.7 Å².